The van der Waals surface area contributed by atoms with E-state index in [2.05, 4.69) is 26.2 Å². The van der Waals surface area contributed by atoms with Gasteiger partial charge in [0.15, 0.2) is 0 Å². The van der Waals surface area contributed by atoms with Gasteiger partial charge in [-0.1, -0.05) is 0 Å². The zero-order valence-corrected chi connectivity index (χ0v) is 11.6. The number of anilines is 1. The Balaban J connectivity index is 1.72. The zero-order valence-electron chi connectivity index (χ0n) is 11.6. The normalized spacial score (nSPS) is 18.4. The molecule has 1 aliphatic heterocycles. The predicted octanol–water partition coefficient (Wildman–Crippen LogP) is -0.102. The van der Waals surface area contributed by atoms with Gasteiger partial charge in [-0.2, -0.15) is 0 Å². The molecule has 2 heterocycles. The minimum atomic E-state index is -0.446. The highest BCUT2D eigenvalue weighted by Crippen LogP contribution is 2.18. The van der Waals surface area contributed by atoms with Crippen LogP contribution in [0, 0.1) is 6.92 Å². The van der Waals surface area contributed by atoms with Crippen molar-refractivity contribution in [2.75, 3.05) is 25.0 Å². The van der Waals surface area contributed by atoms with E-state index in [1.165, 1.54) is 6.33 Å². The fourth-order valence-electron chi connectivity index (χ4n) is 2.22. The predicted molar refractivity (Wildman–Crippen MR) is 75.1 cm³/mol. The monoisotopic (exact) mass is 288 g/mol. The third-order valence-corrected chi connectivity index (χ3v) is 3.28. The first-order valence-electron chi connectivity index (χ1n) is 6.71. The lowest BCUT2D eigenvalue weighted by Crippen LogP contribution is -2.45. The average molecular weight is 288 g/mol. The van der Waals surface area contributed by atoms with Gasteiger partial charge in [-0.25, -0.2) is 4.68 Å². The topological polar surface area (TPSA) is 94.0 Å². The van der Waals surface area contributed by atoms with Crippen molar-refractivity contribution in [3.8, 4) is 5.69 Å². The molecule has 0 radical (unpaired) electrons. The number of hydrogen-bond acceptors (Lipinski definition) is 6. The number of aryl methyl sites for hydroxylation is 1. The molecule has 1 aromatic carbocycles. The summed E-state index contributed by atoms with van der Waals surface area (Å²) in [4.78, 5) is 12.1. The van der Waals surface area contributed by atoms with E-state index >= 15 is 0 Å². The number of nitrogens with one attached hydrogen (secondary N) is 2. The van der Waals surface area contributed by atoms with E-state index in [0.29, 0.717) is 13.2 Å². The molecule has 1 amide bonds. The second kappa shape index (κ2) is 5.98. The summed E-state index contributed by atoms with van der Waals surface area (Å²) < 4.78 is 7.00. The van der Waals surface area contributed by atoms with Gasteiger partial charge >= 0.3 is 0 Å². The third kappa shape index (κ3) is 3.06. The van der Waals surface area contributed by atoms with Gasteiger partial charge < -0.3 is 15.4 Å². The maximum absolute atomic E-state index is 12.1. The molecule has 1 aliphatic rings. The number of carbonyl (C=O) groups is 1. The van der Waals surface area contributed by atoms with E-state index < -0.39 is 6.10 Å². The quantitative estimate of drug-likeness (QED) is 0.819. The van der Waals surface area contributed by atoms with Crippen LogP contribution < -0.4 is 10.6 Å². The Morgan fingerprint density at radius 1 is 1.52 bits per heavy atom. The summed E-state index contributed by atoms with van der Waals surface area (Å²) in [6.07, 6.45) is 1.08. The van der Waals surface area contributed by atoms with Crippen LogP contribution in [0.3, 0.4) is 0 Å². The molecular weight excluding hydrogens is 272 g/mol. The van der Waals surface area contributed by atoms with Crippen molar-refractivity contribution in [2.24, 2.45) is 0 Å². The summed E-state index contributed by atoms with van der Waals surface area (Å²) in [7, 11) is 0. The van der Waals surface area contributed by atoms with E-state index in [1.807, 2.05) is 25.1 Å². The van der Waals surface area contributed by atoms with Gasteiger partial charge in [-0.05, 0) is 41.1 Å². The van der Waals surface area contributed by atoms with E-state index in [1.54, 1.807) is 4.68 Å². The number of tetrazole rings is 1. The minimum absolute atomic E-state index is 0.142. The lowest BCUT2D eigenvalue weighted by Gasteiger charge is -2.22. The number of amides is 1. The number of carbonyl (C=O) groups excluding carboxylic acids is 1. The molecule has 1 unspecified atom stereocenters. The minimum Gasteiger partial charge on any atom is -0.366 e. The summed E-state index contributed by atoms with van der Waals surface area (Å²) in [5.41, 5.74) is 2.56. The van der Waals surface area contributed by atoms with Crippen LogP contribution >= 0.6 is 0 Å². The van der Waals surface area contributed by atoms with Gasteiger partial charge in [0.2, 0.25) is 0 Å². The Morgan fingerprint density at radius 2 is 2.43 bits per heavy atom. The van der Waals surface area contributed by atoms with Gasteiger partial charge in [-0.15, -0.1) is 5.10 Å². The summed E-state index contributed by atoms with van der Waals surface area (Å²) in [5.74, 6) is -0.142. The van der Waals surface area contributed by atoms with Crippen LogP contribution in [0.5, 0.6) is 0 Å². The third-order valence-electron chi connectivity index (χ3n) is 3.28. The molecule has 1 atom stereocenters. The van der Waals surface area contributed by atoms with Gasteiger partial charge in [0.05, 0.1) is 12.3 Å². The number of rotatable bonds is 3. The molecule has 1 fully saturated rings. The van der Waals surface area contributed by atoms with Crippen molar-refractivity contribution < 1.29 is 9.53 Å². The Morgan fingerprint density at radius 3 is 3.10 bits per heavy atom. The molecule has 1 saturated heterocycles. The molecule has 2 aromatic rings. The largest absolute Gasteiger partial charge is 0.366 e. The van der Waals surface area contributed by atoms with Crippen molar-refractivity contribution in [3.05, 3.63) is 30.1 Å². The SMILES string of the molecule is Cc1cc(NC(=O)C2CNCCO2)ccc1-n1cnnn1. The smallest absolute Gasteiger partial charge is 0.254 e. The molecular formula is C13H16N6O2. The molecule has 2 N–H and O–H groups in total. The standard InChI is InChI=1S/C13H16N6O2/c1-9-6-10(2-3-11(9)19-8-15-17-18-19)16-13(20)12-7-14-4-5-21-12/h2-3,6,8,12,14H,4-5,7H2,1H3,(H,16,20). The van der Waals surface area contributed by atoms with Gasteiger partial charge in [-0.3, -0.25) is 4.79 Å². The highest BCUT2D eigenvalue weighted by Gasteiger charge is 2.21. The number of hydrogen-bond donors (Lipinski definition) is 2. The number of benzene rings is 1. The molecule has 110 valence electrons. The van der Waals surface area contributed by atoms with Crippen molar-refractivity contribution in [3.63, 3.8) is 0 Å². The maximum atomic E-state index is 12.1. The van der Waals surface area contributed by atoms with Crippen LogP contribution in [0.1, 0.15) is 5.56 Å². The summed E-state index contributed by atoms with van der Waals surface area (Å²) in [6, 6.07) is 5.56. The van der Waals surface area contributed by atoms with Crippen LogP contribution in [0.4, 0.5) is 5.69 Å². The zero-order chi connectivity index (χ0) is 14.7. The summed E-state index contributed by atoms with van der Waals surface area (Å²) >= 11 is 0. The van der Waals surface area contributed by atoms with E-state index in [0.717, 1.165) is 23.5 Å². The Labute approximate surface area is 121 Å². The molecule has 21 heavy (non-hydrogen) atoms. The number of nitrogens with zero attached hydrogens (tertiary/aromatic N) is 4. The molecule has 0 aliphatic carbocycles. The van der Waals surface area contributed by atoms with E-state index in [9.17, 15) is 4.79 Å². The fourth-order valence-corrected chi connectivity index (χ4v) is 2.22. The first-order chi connectivity index (χ1) is 10.2. The number of ether oxygens (including phenoxy) is 1. The molecule has 0 bridgehead atoms. The summed E-state index contributed by atoms with van der Waals surface area (Å²) in [6.45, 7) is 3.80. The first kappa shape index (κ1) is 13.7. The van der Waals surface area contributed by atoms with Crippen molar-refractivity contribution in [1.82, 2.24) is 25.5 Å². The van der Waals surface area contributed by atoms with Crippen LogP contribution in [0.25, 0.3) is 5.69 Å². The second-order valence-corrected chi connectivity index (χ2v) is 4.81. The molecule has 0 saturated carbocycles. The highest BCUT2D eigenvalue weighted by molar-refractivity contribution is 5.94. The van der Waals surface area contributed by atoms with E-state index in [-0.39, 0.29) is 5.91 Å². The molecule has 1 aromatic heterocycles. The Hall–Kier alpha value is -2.32. The van der Waals surface area contributed by atoms with Crippen molar-refractivity contribution in [2.45, 2.75) is 13.0 Å². The molecule has 0 spiro atoms. The number of aromatic nitrogens is 4. The molecule has 3 rings (SSSR count). The van der Waals surface area contributed by atoms with Crippen molar-refractivity contribution in [1.29, 1.82) is 0 Å². The van der Waals surface area contributed by atoms with Crippen LogP contribution in [0.2, 0.25) is 0 Å². The van der Waals surface area contributed by atoms with Crippen LogP contribution in [-0.2, 0) is 9.53 Å². The van der Waals surface area contributed by atoms with Gasteiger partial charge in [0.1, 0.15) is 12.4 Å². The Kier molecular flexibility index (Phi) is 3.89. The maximum Gasteiger partial charge on any atom is 0.254 e. The van der Waals surface area contributed by atoms with Crippen LogP contribution in [-0.4, -0.2) is 51.9 Å². The lowest BCUT2D eigenvalue weighted by atomic mass is 10.1. The number of morpholine rings is 1. The van der Waals surface area contributed by atoms with E-state index in [4.69, 9.17) is 4.74 Å². The van der Waals surface area contributed by atoms with Gasteiger partial charge in [0, 0.05) is 18.8 Å². The van der Waals surface area contributed by atoms with Crippen LogP contribution in [0.15, 0.2) is 24.5 Å². The highest BCUT2D eigenvalue weighted by atomic mass is 16.5. The second-order valence-electron chi connectivity index (χ2n) is 4.81. The molecule has 8 heteroatoms. The Bertz CT molecular complexity index is 622. The average Bonchev–Trinajstić information content (AvgIpc) is 3.02. The fraction of sp³-hybridized carbons (Fsp3) is 0.385. The lowest BCUT2D eigenvalue weighted by molar-refractivity contribution is -0.128. The summed E-state index contributed by atoms with van der Waals surface area (Å²) in [5, 5.41) is 17.1. The van der Waals surface area contributed by atoms with Gasteiger partial charge in [0.25, 0.3) is 5.91 Å². The molecule has 8 nitrogen and oxygen atoms in total. The first-order valence-corrected chi connectivity index (χ1v) is 6.71. The van der Waals surface area contributed by atoms with Crippen molar-refractivity contribution >= 4 is 11.6 Å².